The van der Waals surface area contributed by atoms with Crippen molar-refractivity contribution < 1.29 is 9.13 Å². The van der Waals surface area contributed by atoms with E-state index in [0.29, 0.717) is 48.5 Å². The fourth-order valence-electron chi connectivity index (χ4n) is 4.08. The van der Waals surface area contributed by atoms with Crippen LogP contribution >= 0.6 is 84.8 Å². The van der Waals surface area contributed by atoms with Crippen molar-refractivity contribution in [1.29, 1.82) is 0 Å². The van der Waals surface area contributed by atoms with E-state index in [1.165, 1.54) is 12.1 Å². The molecule has 0 fully saturated rings. The van der Waals surface area contributed by atoms with Crippen molar-refractivity contribution in [2.45, 2.75) is 0 Å². The van der Waals surface area contributed by atoms with Crippen LogP contribution in [0.25, 0.3) is 0 Å². The zero-order valence-corrected chi connectivity index (χ0v) is 29.7. The maximum Gasteiger partial charge on any atom is 0.352 e. The second-order valence-corrected chi connectivity index (χ2v) is 16.1. The van der Waals surface area contributed by atoms with Crippen molar-refractivity contribution >= 4 is 119 Å². The molecule has 0 radical (unpaired) electrons. The highest BCUT2D eigenvalue weighted by Gasteiger charge is 2.27. The summed E-state index contributed by atoms with van der Waals surface area (Å²) in [6.07, 6.45) is 0. The van der Waals surface area contributed by atoms with Crippen molar-refractivity contribution in [3.63, 3.8) is 0 Å². The summed E-state index contributed by atoms with van der Waals surface area (Å²) in [6, 6.07) is 29.8. The molecule has 0 heterocycles. The van der Waals surface area contributed by atoms with Gasteiger partial charge in [0, 0.05) is 48.5 Å². The third kappa shape index (κ3) is 9.57. The first kappa shape index (κ1) is 34.4. The Bertz CT molecular complexity index is 1790. The highest BCUT2D eigenvalue weighted by molar-refractivity contribution is 7.68. The molecule has 0 amide bonds. The molecule has 0 atom stereocenters. The minimum Gasteiger partial charge on any atom is -0.304 e. The van der Waals surface area contributed by atoms with Crippen LogP contribution in [-0.4, -0.2) is 0 Å². The first-order chi connectivity index (χ1) is 21.9. The number of hydrogen-bond acceptors (Lipinski definition) is 2. The summed E-state index contributed by atoms with van der Waals surface area (Å²) in [4.78, 5) is 0. The maximum atomic E-state index is 14.3. The summed E-state index contributed by atoms with van der Waals surface area (Å²) in [6.45, 7) is 0. The second-order valence-electron chi connectivity index (χ2n) is 9.73. The van der Waals surface area contributed by atoms with Gasteiger partial charge in [-0.3, -0.25) is 9.13 Å². The first-order valence-electron chi connectivity index (χ1n) is 13.3. The Morgan fingerprint density at radius 1 is 0.348 bits per heavy atom. The standard InChI is InChI=1S/C30H24Cl6N6O2P2/c31-19-1-9-23(10-2-19)37-45(43,38-24-11-3-20(32)4-12-24)41-27-17-28(35)30(29(36)18-27)42-46(44,39-25-13-5-21(33)6-14-25)40-26-15-7-22(34)8-16-26/h1-18H,(H3,37,38,41,43)(H3,39,40,42,44). The van der Waals surface area contributed by atoms with Crippen LogP contribution < -0.4 is 30.5 Å². The lowest BCUT2D eigenvalue weighted by Gasteiger charge is -2.27. The molecule has 0 saturated heterocycles. The molecule has 46 heavy (non-hydrogen) atoms. The lowest BCUT2D eigenvalue weighted by atomic mass is 10.3. The van der Waals surface area contributed by atoms with Crippen LogP contribution in [0.5, 0.6) is 0 Å². The van der Waals surface area contributed by atoms with Crippen LogP contribution in [0.2, 0.25) is 30.1 Å². The van der Waals surface area contributed by atoms with Gasteiger partial charge in [0.2, 0.25) is 0 Å². The Morgan fingerprint density at radius 3 is 0.870 bits per heavy atom. The lowest BCUT2D eigenvalue weighted by molar-refractivity contribution is 0.584. The molecule has 238 valence electrons. The van der Waals surface area contributed by atoms with Gasteiger partial charge in [0.25, 0.3) is 0 Å². The molecule has 6 N–H and O–H groups in total. The first-order valence-corrected chi connectivity index (χ1v) is 19.0. The van der Waals surface area contributed by atoms with Gasteiger partial charge in [-0.15, -0.1) is 0 Å². The predicted molar refractivity (Wildman–Crippen MR) is 199 cm³/mol. The number of nitrogens with one attached hydrogen (secondary N) is 6. The summed E-state index contributed by atoms with van der Waals surface area (Å²) in [5, 5.41) is 20.2. The summed E-state index contributed by atoms with van der Waals surface area (Å²) in [7, 11) is -7.44. The van der Waals surface area contributed by atoms with Gasteiger partial charge in [-0.05, 0) is 109 Å². The monoisotopic (exact) mass is 772 g/mol. The lowest BCUT2D eigenvalue weighted by Crippen LogP contribution is -2.15. The number of anilines is 6. The van der Waals surface area contributed by atoms with Crippen molar-refractivity contribution in [3.8, 4) is 0 Å². The van der Waals surface area contributed by atoms with Crippen LogP contribution in [-0.2, 0) is 9.13 Å². The van der Waals surface area contributed by atoms with E-state index in [9.17, 15) is 9.13 Å². The van der Waals surface area contributed by atoms with Crippen LogP contribution in [0.15, 0.2) is 109 Å². The van der Waals surface area contributed by atoms with Gasteiger partial charge >= 0.3 is 15.2 Å². The van der Waals surface area contributed by atoms with E-state index in [1.54, 1.807) is 97.1 Å². The van der Waals surface area contributed by atoms with Crippen molar-refractivity contribution in [2.75, 3.05) is 30.5 Å². The molecule has 0 spiro atoms. The second kappa shape index (κ2) is 14.9. The fraction of sp³-hybridized carbons (Fsp3) is 0. The number of rotatable bonds is 12. The third-order valence-electron chi connectivity index (χ3n) is 6.12. The molecular formula is C30H24Cl6N6O2P2. The van der Waals surface area contributed by atoms with Crippen LogP contribution in [0.4, 0.5) is 34.1 Å². The van der Waals surface area contributed by atoms with Gasteiger partial charge in [0.05, 0.1) is 15.7 Å². The SMILES string of the molecule is O=P(Nc1ccc(Cl)cc1)(Nc1ccc(Cl)cc1)Nc1cc(Cl)c(NP(=O)(Nc2ccc(Cl)cc2)Nc2ccc(Cl)cc2)c(Cl)c1. The molecule has 0 unspecified atom stereocenters. The topological polar surface area (TPSA) is 106 Å². The Labute approximate surface area is 296 Å². The average Bonchev–Trinajstić information content (AvgIpc) is 3.00. The number of halogens is 6. The van der Waals surface area contributed by atoms with Crippen molar-refractivity contribution in [3.05, 3.63) is 139 Å². The van der Waals surface area contributed by atoms with Crippen LogP contribution in [0, 0.1) is 0 Å². The molecule has 0 aliphatic rings. The van der Waals surface area contributed by atoms with E-state index in [2.05, 4.69) is 30.5 Å². The zero-order valence-electron chi connectivity index (χ0n) is 23.4. The van der Waals surface area contributed by atoms with Gasteiger partial charge in [0.1, 0.15) is 0 Å². The van der Waals surface area contributed by atoms with E-state index < -0.39 is 15.2 Å². The summed E-state index contributed by atoms with van der Waals surface area (Å²) in [5.74, 6) is 0. The summed E-state index contributed by atoms with van der Waals surface area (Å²) in [5.41, 5.74) is 2.54. The van der Waals surface area contributed by atoms with Crippen molar-refractivity contribution in [2.24, 2.45) is 0 Å². The Kier molecular flexibility index (Phi) is 11.1. The molecular weight excluding hydrogens is 751 g/mol. The van der Waals surface area contributed by atoms with Crippen molar-refractivity contribution in [1.82, 2.24) is 0 Å². The van der Waals surface area contributed by atoms with Gasteiger partial charge in [0.15, 0.2) is 0 Å². The quantitative estimate of drug-likeness (QED) is 0.0696. The van der Waals surface area contributed by atoms with Crippen LogP contribution in [0.1, 0.15) is 0 Å². The smallest absolute Gasteiger partial charge is 0.304 e. The highest BCUT2D eigenvalue weighted by Crippen LogP contribution is 2.51. The Hall–Kier alpha value is -2.90. The molecule has 0 aliphatic carbocycles. The molecule has 5 aromatic rings. The van der Waals surface area contributed by atoms with Gasteiger partial charge in [-0.25, -0.2) is 0 Å². The molecule has 0 bridgehead atoms. The fourth-order valence-corrected chi connectivity index (χ4v) is 8.73. The minimum absolute atomic E-state index is 0.0931. The van der Waals surface area contributed by atoms with Gasteiger partial charge in [-0.1, -0.05) is 69.6 Å². The number of benzene rings is 5. The Morgan fingerprint density at radius 2 is 0.587 bits per heavy atom. The Balaban J connectivity index is 1.44. The van der Waals surface area contributed by atoms with E-state index >= 15 is 0 Å². The van der Waals surface area contributed by atoms with E-state index in [4.69, 9.17) is 69.6 Å². The molecule has 5 rings (SSSR count). The van der Waals surface area contributed by atoms with E-state index in [1.807, 2.05) is 0 Å². The highest BCUT2D eigenvalue weighted by atomic mass is 35.5. The molecule has 8 nitrogen and oxygen atoms in total. The molecule has 5 aromatic carbocycles. The maximum absolute atomic E-state index is 14.3. The molecule has 0 aliphatic heterocycles. The van der Waals surface area contributed by atoms with E-state index in [0.717, 1.165) is 0 Å². The summed E-state index contributed by atoms with van der Waals surface area (Å²) >= 11 is 37.6. The largest absolute Gasteiger partial charge is 0.352 e. The predicted octanol–water partition coefficient (Wildman–Crippen LogP) is 13.1. The zero-order chi connectivity index (χ0) is 32.9. The minimum atomic E-state index is -3.75. The van der Waals surface area contributed by atoms with Gasteiger partial charge in [-0.2, -0.15) is 0 Å². The van der Waals surface area contributed by atoms with Crippen LogP contribution in [0.3, 0.4) is 0 Å². The number of hydrogen-bond donors (Lipinski definition) is 6. The summed E-state index contributed by atoms with van der Waals surface area (Å²) < 4.78 is 28.6. The van der Waals surface area contributed by atoms with Gasteiger partial charge < -0.3 is 30.5 Å². The normalized spacial score (nSPS) is 11.4. The third-order valence-corrected chi connectivity index (χ3v) is 11.1. The van der Waals surface area contributed by atoms with E-state index in [-0.39, 0.29) is 15.7 Å². The molecule has 16 heteroatoms. The average molecular weight is 775 g/mol. The molecule has 0 aromatic heterocycles. The molecule has 0 saturated carbocycles.